The van der Waals surface area contributed by atoms with Crippen LogP contribution in [0.3, 0.4) is 0 Å². The van der Waals surface area contributed by atoms with E-state index < -0.39 is 0 Å². The summed E-state index contributed by atoms with van der Waals surface area (Å²) in [5.74, 6) is -0.186. The van der Waals surface area contributed by atoms with E-state index in [4.69, 9.17) is 0 Å². The summed E-state index contributed by atoms with van der Waals surface area (Å²) in [5, 5.41) is 4.59. The monoisotopic (exact) mass is 280 g/mol. The summed E-state index contributed by atoms with van der Waals surface area (Å²) in [4.78, 5) is 4.36. The Hall–Kier alpha value is -2.42. The normalized spacial score (nSPS) is 12.3. The van der Waals surface area contributed by atoms with Gasteiger partial charge in [-0.25, -0.2) is 4.39 Å². The maximum absolute atomic E-state index is 13.2. The second kappa shape index (κ2) is 5.92. The Labute approximate surface area is 123 Å². The lowest BCUT2D eigenvalue weighted by atomic mass is 10.1. The Kier molecular flexibility index (Phi) is 3.82. The third kappa shape index (κ3) is 3.19. The summed E-state index contributed by atoms with van der Waals surface area (Å²) >= 11 is 0. The standard InChI is InChI=1S/C18H17FN2/c1-13(11-14-5-2-6-15(19)12-14)21-18-9-3-8-17-16(18)7-4-10-20-17/h2-10,12-13,21H,11H2,1H3. The number of fused-ring (bicyclic) bond motifs is 1. The van der Waals surface area contributed by atoms with Gasteiger partial charge in [0.15, 0.2) is 0 Å². The first-order valence-corrected chi connectivity index (χ1v) is 7.07. The Morgan fingerprint density at radius 3 is 2.81 bits per heavy atom. The van der Waals surface area contributed by atoms with Crippen LogP contribution in [0.4, 0.5) is 10.1 Å². The van der Waals surface area contributed by atoms with Gasteiger partial charge in [-0.15, -0.1) is 0 Å². The molecule has 0 aliphatic carbocycles. The van der Waals surface area contributed by atoms with E-state index in [0.717, 1.165) is 28.6 Å². The number of anilines is 1. The van der Waals surface area contributed by atoms with E-state index >= 15 is 0 Å². The van der Waals surface area contributed by atoms with Gasteiger partial charge in [-0.2, -0.15) is 0 Å². The van der Waals surface area contributed by atoms with Crippen molar-refractivity contribution in [2.24, 2.45) is 0 Å². The minimum Gasteiger partial charge on any atom is -0.382 e. The highest BCUT2D eigenvalue weighted by atomic mass is 19.1. The number of hydrogen-bond donors (Lipinski definition) is 1. The molecule has 1 unspecified atom stereocenters. The van der Waals surface area contributed by atoms with Gasteiger partial charge in [-0.3, -0.25) is 4.98 Å². The van der Waals surface area contributed by atoms with E-state index in [0.29, 0.717) is 0 Å². The second-order valence-electron chi connectivity index (χ2n) is 5.26. The van der Waals surface area contributed by atoms with E-state index in [-0.39, 0.29) is 11.9 Å². The van der Waals surface area contributed by atoms with E-state index in [2.05, 4.69) is 23.3 Å². The molecule has 2 aromatic carbocycles. The molecule has 1 N–H and O–H groups in total. The zero-order valence-corrected chi connectivity index (χ0v) is 11.9. The van der Waals surface area contributed by atoms with Crippen LogP contribution in [0.1, 0.15) is 12.5 Å². The molecule has 3 heteroatoms. The molecule has 0 aliphatic rings. The molecule has 106 valence electrons. The van der Waals surface area contributed by atoms with Crippen LogP contribution in [0.5, 0.6) is 0 Å². The Balaban J connectivity index is 1.79. The smallest absolute Gasteiger partial charge is 0.123 e. The minimum atomic E-state index is -0.186. The maximum atomic E-state index is 13.2. The fourth-order valence-electron chi connectivity index (χ4n) is 2.56. The minimum absolute atomic E-state index is 0.186. The second-order valence-corrected chi connectivity index (χ2v) is 5.26. The molecule has 1 aromatic heterocycles. The lowest BCUT2D eigenvalue weighted by Gasteiger charge is -2.17. The number of halogens is 1. The summed E-state index contributed by atoms with van der Waals surface area (Å²) < 4.78 is 13.2. The van der Waals surface area contributed by atoms with Gasteiger partial charge < -0.3 is 5.32 Å². The van der Waals surface area contributed by atoms with Crippen LogP contribution in [-0.2, 0) is 6.42 Å². The molecule has 3 rings (SSSR count). The number of pyridine rings is 1. The van der Waals surface area contributed by atoms with Gasteiger partial charge in [0.1, 0.15) is 5.82 Å². The first-order valence-electron chi connectivity index (χ1n) is 7.07. The van der Waals surface area contributed by atoms with Crippen LogP contribution in [0.2, 0.25) is 0 Å². The van der Waals surface area contributed by atoms with Crippen molar-refractivity contribution in [3.63, 3.8) is 0 Å². The van der Waals surface area contributed by atoms with E-state index in [1.807, 2.05) is 30.3 Å². The molecule has 0 saturated heterocycles. The zero-order chi connectivity index (χ0) is 14.7. The number of aromatic nitrogens is 1. The number of hydrogen-bond acceptors (Lipinski definition) is 2. The quantitative estimate of drug-likeness (QED) is 0.765. The van der Waals surface area contributed by atoms with Gasteiger partial charge in [0.05, 0.1) is 5.52 Å². The molecule has 0 bridgehead atoms. The molecule has 3 aromatic rings. The Morgan fingerprint density at radius 2 is 1.95 bits per heavy atom. The van der Waals surface area contributed by atoms with Crippen molar-refractivity contribution in [2.75, 3.05) is 5.32 Å². The van der Waals surface area contributed by atoms with Crippen molar-refractivity contribution in [1.29, 1.82) is 0 Å². The average molecular weight is 280 g/mol. The first-order chi connectivity index (χ1) is 10.2. The van der Waals surface area contributed by atoms with Gasteiger partial charge in [0.25, 0.3) is 0 Å². The molecular formula is C18H17FN2. The van der Waals surface area contributed by atoms with Crippen LogP contribution in [0.15, 0.2) is 60.8 Å². The predicted molar refractivity (Wildman–Crippen MR) is 84.9 cm³/mol. The molecule has 2 nitrogen and oxygen atoms in total. The van der Waals surface area contributed by atoms with Crippen molar-refractivity contribution < 1.29 is 4.39 Å². The summed E-state index contributed by atoms with van der Waals surface area (Å²) in [6.45, 7) is 2.10. The summed E-state index contributed by atoms with van der Waals surface area (Å²) in [6, 6.07) is 17.0. The zero-order valence-electron chi connectivity index (χ0n) is 11.9. The molecule has 0 amide bonds. The average Bonchev–Trinajstić information content (AvgIpc) is 2.47. The lowest BCUT2D eigenvalue weighted by Crippen LogP contribution is -2.18. The SMILES string of the molecule is CC(Cc1cccc(F)c1)Nc1cccc2ncccc12. The molecule has 1 atom stereocenters. The van der Waals surface area contributed by atoms with E-state index in [1.54, 1.807) is 18.3 Å². The van der Waals surface area contributed by atoms with Crippen molar-refractivity contribution >= 4 is 16.6 Å². The van der Waals surface area contributed by atoms with Crippen molar-refractivity contribution in [3.05, 3.63) is 72.2 Å². The highest BCUT2D eigenvalue weighted by molar-refractivity contribution is 5.91. The summed E-state index contributed by atoms with van der Waals surface area (Å²) in [7, 11) is 0. The van der Waals surface area contributed by atoms with Crippen molar-refractivity contribution in [2.45, 2.75) is 19.4 Å². The largest absolute Gasteiger partial charge is 0.382 e. The first kappa shape index (κ1) is 13.6. The molecule has 0 radical (unpaired) electrons. The molecular weight excluding hydrogens is 263 g/mol. The fraction of sp³-hybridized carbons (Fsp3) is 0.167. The number of rotatable bonds is 4. The molecule has 0 saturated carbocycles. The van der Waals surface area contributed by atoms with Gasteiger partial charge in [-0.05, 0) is 55.3 Å². The van der Waals surface area contributed by atoms with E-state index in [1.165, 1.54) is 6.07 Å². The highest BCUT2D eigenvalue weighted by Crippen LogP contribution is 2.22. The predicted octanol–water partition coefficient (Wildman–Crippen LogP) is 4.42. The van der Waals surface area contributed by atoms with Gasteiger partial charge in [-0.1, -0.05) is 18.2 Å². The van der Waals surface area contributed by atoms with Crippen molar-refractivity contribution in [1.82, 2.24) is 4.98 Å². The Morgan fingerprint density at radius 1 is 1.10 bits per heavy atom. The summed E-state index contributed by atoms with van der Waals surface area (Å²) in [6.07, 6.45) is 2.57. The van der Waals surface area contributed by atoms with Gasteiger partial charge in [0, 0.05) is 23.3 Å². The fourth-order valence-corrected chi connectivity index (χ4v) is 2.56. The molecule has 0 spiro atoms. The number of nitrogens with one attached hydrogen (secondary N) is 1. The van der Waals surface area contributed by atoms with Gasteiger partial charge >= 0.3 is 0 Å². The molecule has 21 heavy (non-hydrogen) atoms. The van der Waals surface area contributed by atoms with E-state index in [9.17, 15) is 4.39 Å². The third-order valence-electron chi connectivity index (χ3n) is 3.48. The third-order valence-corrected chi connectivity index (χ3v) is 3.48. The highest BCUT2D eigenvalue weighted by Gasteiger charge is 2.07. The lowest BCUT2D eigenvalue weighted by molar-refractivity contribution is 0.624. The van der Waals surface area contributed by atoms with Crippen LogP contribution in [0.25, 0.3) is 10.9 Å². The number of benzene rings is 2. The summed E-state index contributed by atoms with van der Waals surface area (Å²) in [5.41, 5.74) is 3.03. The van der Waals surface area contributed by atoms with Crippen LogP contribution in [0, 0.1) is 5.82 Å². The van der Waals surface area contributed by atoms with Crippen LogP contribution < -0.4 is 5.32 Å². The van der Waals surface area contributed by atoms with Gasteiger partial charge in [0.2, 0.25) is 0 Å². The number of nitrogens with zero attached hydrogens (tertiary/aromatic N) is 1. The molecule has 1 heterocycles. The Bertz CT molecular complexity index is 750. The van der Waals surface area contributed by atoms with Crippen molar-refractivity contribution in [3.8, 4) is 0 Å². The van der Waals surface area contributed by atoms with Crippen LogP contribution in [-0.4, -0.2) is 11.0 Å². The topological polar surface area (TPSA) is 24.9 Å². The molecule has 0 fully saturated rings. The van der Waals surface area contributed by atoms with Crippen LogP contribution >= 0.6 is 0 Å². The maximum Gasteiger partial charge on any atom is 0.123 e. The molecule has 0 aliphatic heterocycles.